The predicted octanol–water partition coefficient (Wildman–Crippen LogP) is 0.136. The number of anilines is 1. The number of carbonyl (C=O) groups is 2. The first kappa shape index (κ1) is 15.0. The van der Waals surface area contributed by atoms with Gasteiger partial charge in [-0.15, -0.1) is 10.2 Å². The Hall–Kier alpha value is -2.37. The van der Waals surface area contributed by atoms with E-state index in [0.29, 0.717) is 11.3 Å². The van der Waals surface area contributed by atoms with Gasteiger partial charge in [-0.05, 0) is 12.1 Å². The third-order valence-electron chi connectivity index (χ3n) is 2.27. The number of aromatic nitrogens is 2. The van der Waals surface area contributed by atoms with Crippen molar-refractivity contribution in [3.8, 4) is 0 Å². The largest absolute Gasteiger partial charge is 0.478 e. The van der Waals surface area contributed by atoms with Crippen molar-refractivity contribution in [3.05, 3.63) is 35.4 Å². The molecule has 0 aliphatic rings. The lowest BCUT2D eigenvalue weighted by molar-refractivity contribution is 0.0692. The highest BCUT2D eigenvalue weighted by Gasteiger charge is 2.19. The van der Waals surface area contributed by atoms with Gasteiger partial charge in [-0.3, -0.25) is 10.1 Å². The number of primary sulfonamides is 1. The van der Waals surface area contributed by atoms with Crippen LogP contribution >= 0.6 is 11.3 Å². The fourth-order valence-corrected chi connectivity index (χ4v) is 2.74. The Labute approximate surface area is 122 Å². The van der Waals surface area contributed by atoms with Crippen molar-refractivity contribution in [3.63, 3.8) is 0 Å². The molecule has 1 aromatic heterocycles. The summed E-state index contributed by atoms with van der Waals surface area (Å²) in [7, 11) is -4.00. The van der Waals surface area contributed by atoms with Crippen LogP contribution in [0.1, 0.15) is 20.7 Å². The summed E-state index contributed by atoms with van der Waals surface area (Å²) in [6, 6.07) is 5.56. The smallest absolute Gasteiger partial charge is 0.336 e. The van der Waals surface area contributed by atoms with Gasteiger partial charge in [0.05, 0.1) is 11.1 Å². The number of rotatable bonds is 4. The average molecular weight is 328 g/mol. The number of hydrogen-bond acceptors (Lipinski definition) is 7. The van der Waals surface area contributed by atoms with Crippen molar-refractivity contribution in [2.24, 2.45) is 5.14 Å². The van der Waals surface area contributed by atoms with E-state index in [-0.39, 0.29) is 16.3 Å². The number of carboxylic acids is 1. The number of benzene rings is 1. The molecule has 0 atom stereocenters. The van der Waals surface area contributed by atoms with Gasteiger partial charge in [0.2, 0.25) is 9.47 Å². The van der Waals surface area contributed by atoms with E-state index in [4.69, 9.17) is 10.2 Å². The number of nitrogens with zero attached hydrogens (tertiary/aromatic N) is 2. The first-order chi connectivity index (χ1) is 9.79. The van der Waals surface area contributed by atoms with Crippen molar-refractivity contribution in [1.29, 1.82) is 0 Å². The minimum atomic E-state index is -4.00. The molecule has 0 unspecified atom stereocenters. The van der Waals surface area contributed by atoms with Crippen LogP contribution in [0.15, 0.2) is 28.6 Å². The average Bonchev–Trinajstić information content (AvgIpc) is 2.87. The number of aromatic carboxylic acids is 1. The van der Waals surface area contributed by atoms with E-state index in [1.54, 1.807) is 0 Å². The molecule has 0 saturated heterocycles. The van der Waals surface area contributed by atoms with Crippen LogP contribution in [-0.4, -0.2) is 35.6 Å². The molecule has 0 spiro atoms. The van der Waals surface area contributed by atoms with Crippen molar-refractivity contribution < 1.29 is 23.1 Å². The molecule has 1 aromatic carbocycles. The molecule has 0 aliphatic heterocycles. The Balaban J connectivity index is 2.27. The van der Waals surface area contributed by atoms with Gasteiger partial charge in [0.25, 0.3) is 15.9 Å². The van der Waals surface area contributed by atoms with Gasteiger partial charge in [-0.25, -0.2) is 18.4 Å². The number of sulfonamides is 1. The second-order valence-corrected chi connectivity index (χ2v) is 6.44. The van der Waals surface area contributed by atoms with Crippen LogP contribution in [0.3, 0.4) is 0 Å². The highest BCUT2D eigenvalue weighted by Crippen LogP contribution is 2.20. The second-order valence-electron chi connectivity index (χ2n) is 3.72. The van der Waals surface area contributed by atoms with Crippen LogP contribution in [0, 0.1) is 0 Å². The number of amides is 1. The Morgan fingerprint density at radius 2 is 1.81 bits per heavy atom. The maximum Gasteiger partial charge on any atom is 0.336 e. The predicted molar refractivity (Wildman–Crippen MR) is 72.6 cm³/mol. The molecular weight excluding hydrogens is 320 g/mol. The van der Waals surface area contributed by atoms with Crippen LogP contribution in [0.5, 0.6) is 0 Å². The van der Waals surface area contributed by atoms with Crippen molar-refractivity contribution in [2.45, 2.75) is 4.34 Å². The molecule has 0 aliphatic carbocycles. The molecule has 0 bridgehead atoms. The van der Waals surface area contributed by atoms with Gasteiger partial charge >= 0.3 is 5.97 Å². The zero-order chi connectivity index (χ0) is 15.6. The topological polar surface area (TPSA) is 152 Å². The van der Waals surface area contributed by atoms with Gasteiger partial charge in [0.1, 0.15) is 0 Å². The summed E-state index contributed by atoms with van der Waals surface area (Å²) in [5.41, 5.74) is -0.274. The van der Waals surface area contributed by atoms with E-state index in [1.165, 1.54) is 24.3 Å². The number of carboxylic acid groups (broad SMARTS) is 1. The summed E-state index contributed by atoms with van der Waals surface area (Å²) in [6.45, 7) is 0. The Morgan fingerprint density at radius 3 is 2.33 bits per heavy atom. The Bertz CT molecular complexity index is 814. The monoisotopic (exact) mass is 328 g/mol. The van der Waals surface area contributed by atoms with Crippen LogP contribution in [0.25, 0.3) is 0 Å². The Morgan fingerprint density at radius 1 is 1.19 bits per heavy atom. The molecule has 0 saturated carbocycles. The van der Waals surface area contributed by atoms with E-state index in [9.17, 15) is 18.0 Å². The van der Waals surface area contributed by atoms with E-state index in [2.05, 4.69) is 15.5 Å². The van der Waals surface area contributed by atoms with E-state index in [0.717, 1.165) is 0 Å². The summed E-state index contributed by atoms with van der Waals surface area (Å²) in [5, 5.41) is 22.8. The molecule has 0 radical (unpaired) electrons. The molecule has 2 aromatic rings. The summed E-state index contributed by atoms with van der Waals surface area (Å²) in [5.74, 6) is -2.01. The van der Waals surface area contributed by atoms with Gasteiger partial charge in [-0.2, -0.15) is 0 Å². The third-order valence-corrected chi connectivity index (χ3v) is 4.42. The lowest BCUT2D eigenvalue weighted by atomic mass is 10.1. The van der Waals surface area contributed by atoms with Crippen molar-refractivity contribution in [1.82, 2.24) is 10.2 Å². The number of carbonyl (C=O) groups excluding carboxylic acids is 1. The number of hydrogen-bond donors (Lipinski definition) is 3. The van der Waals surface area contributed by atoms with E-state index >= 15 is 0 Å². The van der Waals surface area contributed by atoms with Crippen LogP contribution in [0.4, 0.5) is 5.13 Å². The third kappa shape index (κ3) is 3.39. The maximum absolute atomic E-state index is 12.0. The van der Waals surface area contributed by atoms with Gasteiger partial charge in [0.15, 0.2) is 0 Å². The zero-order valence-electron chi connectivity index (χ0n) is 10.2. The number of nitrogens with two attached hydrogens (primary N) is 1. The quantitative estimate of drug-likeness (QED) is 0.674. The number of nitrogens with one attached hydrogen (secondary N) is 1. The fourth-order valence-electron chi connectivity index (χ4n) is 1.41. The first-order valence-corrected chi connectivity index (χ1v) is 7.65. The maximum atomic E-state index is 12.0. The van der Waals surface area contributed by atoms with Gasteiger partial charge in [-0.1, -0.05) is 23.5 Å². The molecule has 1 amide bonds. The van der Waals surface area contributed by atoms with Crippen LogP contribution < -0.4 is 10.5 Å². The fraction of sp³-hybridized carbons (Fsp3) is 0. The highest BCUT2D eigenvalue weighted by molar-refractivity contribution is 7.91. The standard InChI is InChI=1S/C10H8N4O5S2/c11-21(18,19)10-14-13-9(20-10)12-7(15)5-3-1-2-4-6(5)8(16)17/h1-4H,(H,16,17)(H2,11,18,19)(H,12,13,15). The molecule has 0 fully saturated rings. The van der Waals surface area contributed by atoms with E-state index in [1.807, 2.05) is 0 Å². The van der Waals surface area contributed by atoms with Crippen LogP contribution in [0.2, 0.25) is 0 Å². The molecule has 110 valence electrons. The first-order valence-electron chi connectivity index (χ1n) is 5.29. The molecule has 2 rings (SSSR count). The lowest BCUT2D eigenvalue weighted by Crippen LogP contribution is -2.16. The van der Waals surface area contributed by atoms with Gasteiger partial charge < -0.3 is 5.11 Å². The summed E-state index contributed by atoms with van der Waals surface area (Å²) >= 11 is 0.563. The van der Waals surface area contributed by atoms with Gasteiger partial charge in [0, 0.05) is 0 Å². The Kier molecular flexibility index (Phi) is 3.97. The molecule has 11 heteroatoms. The SMILES string of the molecule is NS(=O)(=O)c1nnc(NC(=O)c2ccccc2C(=O)O)s1. The second kappa shape index (κ2) is 5.55. The van der Waals surface area contributed by atoms with Crippen molar-refractivity contribution >= 4 is 38.4 Å². The minimum Gasteiger partial charge on any atom is -0.478 e. The molecule has 21 heavy (non-hydrogen) atoms. The van der Waals surface area contributed by atoms with E-state index < -0.39 is 26.2 Å². The van der Waals surface area contributed by atoms with Crippen molar-refractivity contribution in [2.75, 3.05) is 5.32 Å². The normalized spacial score (nSPS) is 11.1. The lowest BCUT2D eigenvalue weighted by Gasteiger charge is -2.04. The molecule has 9 nitrogen and oxygen atoms in total. The highest BCUT2D eigenvalue weighted by atomic mass is 32.2. The molecule has 1 heterocycles. The summed E-state index contributed by atoms with van der Waals surface area (Å²) in [6.07, 6.45) is 0. The van der Waals surface area contributed by atoms with Crippen LogP contribution in [-0.2, 0) is 10.0 Å². The molecule has 4 N–H and O–H groups in total. The minimum absolute atomic E-state index is 0.0858. The summed E-state index contributed by atoms with van der Waals surface area (Å²) in [4.78, 5) is 23.0. The zero-order valence-corrected chi connectivity index (χ0v) is 11.8. The summed E-state index contributed by atoms with van der Waals surface area (Å²) < 4.78 is 21.6. The molecular formula is C10H8N4O5S2.